The van der Waals surface area contributed by atoms with E-state index in [0.29, 0.717) is 50.7 Å². The van der Waals surface area contributed by atoms with Crippen molar-refractivity contribution in [1.29, 1.82) is 0 Å². The van der Waals surface area contributed by atoms with Gasteiger partial charge in [-0.1, -0.05) is 29.8 Å². The lowest BCUT2D eigenvalue weighted by atomic mass is 9.88. The molecule has 4 rings (SSSR count). The fourth-order valence-corrected chi connectivity index (χ4v) is 4.78. The Balaban J connectivity index is 1.63. The van der Waals surface area contributed by atoms with E-state index in [1.54, 1.807) is 18.5 Å². The van der Waals surface area contributed by atoms with Crippen molar-refractivity contribution in [1.82, 2.24) is 20.3 Å². The lowest BCUT2D eigenvalue weighted by molar-refractivity contribution is -0.115. The highest BCUT2D eigenvalue weighted by atomic mass is 35.5. The van der Waals surface area contributed by atoms with Crippen LogP contribution in [0.4, 0.5) is 5.95 Å². The fourth-order valence-electron chi connectivity index (χ4n) is 4.08. The molecule has 3 heterocycles. The first-order chi connectivity index (χ1) is 16.4. The molecule has 2 atom stereocenters. The minimum absolute atomic E-state index is 0.0317. The summed E-state index contributed by atoms with van der Waals surface area (Å²) in [5.74, 6) is 1.56. The number of nitrogens with one attached hydrogen (secondary N) is 2. The third kappa shape index (κ3) is 4.94. The number of aromatic nitrogens is 3. The van der Waals surface area contributed by atoms with Crippen molar-refractivity contribution in [3.8, 4) is 22.8 Å². The zero-order valence-electron chi connectivity index (χ0n) is 18.9. The molecule has 10 heteroatoms. The Hall–Kier alpha value is -2.94. The van der Waals surface area contributed by atoms with Gasteiger partial charge in [0.2, 0.25) is 5.95 Å². The third-order valence-electron chi connectivity index (χ3n) is 5.93. The number of ketones is 1. The van der Waals surface area contributed by atoms with Crippen LogP contribution in [0.2, 0.25) is 10.0 Å². The number of methoxy groups -OCH3 is 2. The Bertz CT molecular complexity index is 1210. The molecule has 178 valence electrons. The number of hydrogen-bond acceptors (Lipinski definition) is 8. The van der Waals surface area contributed by atoms with Gasteiger partial charge in [-0.2, -0.15) is 0 Å². The summed E-state index contributed by atoms with van der Waals surface area (Å²) in [6, 6.07) is 3.48. The van der Waals surface area contributed by atoms with Gasteiger partial charge in [-0.15, -0.1) is 0 Å². The van der Waals surface area contributed by atoms with Gasteiger partial charge in [0.25, 0.3) is 0 Å². The molecule has 0 saturated carbocycles. The van der Waals surface area contributed by atoms with Gasteiger partial charge in [0.15, 0.2) is 5.78 Å². The highest BCUT2D eigenvalue weighted by Crippen LogP contribution is 2.45. The number of carbonyl (C=O) groups is 1. The predicted molar refractivity (Wildman–Crippen MR) is 134 cm³/mol. The van der Waals surface area contributed by atoms with Crippen molar-refractivity contribution in [2.24, 2.45) is 5.92 Å². The van der Waals surface area contributed by atoms with Gasteiger partial charge >= 0.3 is 0 Å². The van der Waals surface area contributed by atoms with Crippen molar-refractivity contribution < 1.29 is 14.3 Å². The Morgan fingerprint density at radius 2 is 1.94 bits per heavy atom. The number of carbonyl (C=O) groups excluding carboxylic acids is 1. The average Bonchev–Trinajstić information content (AvgIpc) is 2.85. The molecule has 1 aliphatic rings. The number of ether oxygens (including phenoxy) is 2. The zero-order valence-corrected chi connectivity index (χ0v) is 20.4. The lowest BCUT2D eigenvalue weighted by Gasteiger charge is -2.32. The molecule has 1 aromatic carbocycles. The molecule has 0 spiro atoms. The first kappa shape index (κ1) is 24.2. The van der Waals surface area contributed by atoms with Crippen molar-refractivity contribution in [3.63, 3.8) is 0 Å². The summed E-state index contributed by atoms with van der Waals surface area (Å²) in [5.41, 5.74) is 1.71. The normalized spacial score (nSPS) is 17.9. The maximum absolute atomic E-state index is 11.9. The largest absolute Gasteiger partial charge is 0.495 e. The maximum atomic E-state index is 11.9. The van der Waals surface area contributed by atoms with Crippen LogP contribution in [0, 0.1) is 5.92 Å². The number of fused-ring (bicyclic) bond motifs is 1. The predicted octanol–water partition coefficient (Wildman–Crippen LogP) is 4.55. The van der Waals surface area contributed by atoms with Gasteiger partial charge in [-0.05, 0) is 31.0 Å². The summed E-state index contributed by atoms with van der Waals surface area (Å²) in [5, 5.41) is 8.17. The summed E-state index contributed by atoms with van der Waals surface area (Å²) < 4.78 is 10.7. The third-order valence-corrected chi connectivity index (χ3v) is 6.68. The first-order valence-corrected chi connectivity index (χ1v) is 11.6. The Morgan fingerprint density at radius 1 is 1.21 bits per heavy atom. The van der Waals surface area contributed by atoms with Crippen LogP contribution in [0.15, 0.2) is 37.2 Å². The molecule has 0 radical (unpaired) electrons. The van der Waals surface area contributed by atoms with Crippen LogP contribution in [0.3, 0.4) is 0 Å². The van der Waals surface area contributed by atoms with E-state index in [9.17, 15) is 4.79 Å². The number of halogens is 2. The smallest absolute Gasteiger partial charge is 0.223 e. The van der Waals surface area contributed by atoms with Gasteiger partial charge < -0.3 is 20.1 Å². The Labute approximate surface area is 207 Å². The van der Waals surface area contributed by atoms with E-state index in [2.05, 4.69) is 32.2 Å². The van der Waals surface area contributed by atoms with Gasteiger partial charge in [-0.3, -0.25) is 9.78 Å². The van der Waals surface area contributed by atoms with E-state index < -0.39 is 0 Å². The number of nitrogens with zero attached hydrogens (tertiary/aromatic N) is 3. The molecular weight excluding hydrogens is 477 g/mol. The van der Waals surface area contributed by atoms with Crippen LogP contribution in [-0.4, -0.2) is 54.1 Å². The van der Waals surface area contributed by atoms with Crippen LogP contribution in [0.1, 0.15) is 12.8 Å². The van der Waals surface area contributed by atoms with Gasteiger partial charge in [0, 0.05) is 42.2 Å². The summed E-state index contributed by atoms with van der Waals surface area (Å²) in [4.78, 5) is 25.5. The van der Waals surface area contributed by atoms with Crippen molar-refractivity contribution in [3.05, 3.63) is 47.2 Å². The summed E-state index contributed by atoms with van der Waals surface area (Å²) in [6.45, 7) is 5.18. The molecule has 2 aromatic heterocycles. The van der Waals surface area contributed by atoms with E-state index in [1.807, 2.05) is 6.07 Å². The monoisotopic (exact) mass is 501 g/mol. The van der Waals surface area contributed by atoms with E-state index >= 15 is 0 Å². The molecule has 8 nitrogen and oxygen atoms in total. The molecule has 1 aliphatic heterocycles. The zero-order chi connectivity index (χ0) is 24.2. The SMILES string of the molecule is C=CC(=O)C[C@H]1CCNC[C@H]1Nc1ncc2cc(-c3c(Cl)c(OC)cc(OC)c3Cl)ncc2n1. The van der Waals surface area contributed by atoms with Crippen LogP contribution >= 0.6 is 23.2 Å². The first-order valence-electron chi connectivity index (χ1n) is 10.8. The molecule has 1 saturated heterocycles. The van der Waals surface area contributed by atoms with E-state index in [1.165, 1.54) is 20.3 Å². The highest BCUT2D eigenvalue weighted by Gasteiger charge is 2.27. The Kier molecular flexibility index (Phi) is 7.50. The molecule has 0 aliphatic carbocycles. The minimum Gasteiger partial charge on any atom is -0.495 e. The fraction of sp³-hybridized carbons (Fsp3) is 0.333. The molecule has 1 fully saturated rings. The van der Waals surface area contributed by atoms with Gasteiger partial charge in [0.05, 0.1) is 41.7 Å². The molecule has 3 aromatic rings. The quantitative estimate of drug-likeness (QED) is 0.433. The number of pyridine rings is 1. The van der Waals surface area contributed by atoms with E-state index in [4.69, 9.17) is 32.7 Å². The molecule has 34 heavy (non-hydrogen) atoms. The number of hydrogen-bond donors (Lipinski definition) is 2. The van der Waals surface area contributed by atoms with Crippen molar-refractivity contribution in [2.45, 2.75) is 18.9 Å². The standard InChI is InChI=1S/C24H25Cl2N5O3/c1-4-15(32)7-13-5-6-27-11-17(13)30-24-29-10-14-8-16(28-12-18(14)31-24)21-22(25)19(33-2)9-20(34-3)23(21)26/h4,8-10,12-13,17,27H,1,5-7,11H2,2-3H3,(H,29,30,31)/t13-,17-/m1/s1. The maximum Gasteiger partial charge on any atom is 0.223 e. The van der Waals surface area contributed by atoms with Crippen LogP contribution in [0.5, 0.6) is 11.5 Å². The number of allylic oxidation sites excluding steroid dienone is 1. The lowest BCUT2D eigenvalue weighted by Crippen LogP contribution is -2.46. The summed E-state index contributed by atoms with van der Waals surface area (Å²) in [7, 11) is 3.04. The summed E-state index contributed by atoms with van der Waals surface area (Å²) >= 11 is 13.1. The number of benzene rings is 1. The van der Waals surface area contributed by atoms with Crippen molar-refractivity contribution >= 4 is 45.8 Å². The average molecular weight is 502 g/mol. The van der Waals surface area contributed by atoms with Crippen LogP contribution in [0.25, 0.3) is 22.2 Å². The van der Waals surface area contributed by atoms with Crippen LogP contribution < -0.4 is 20.1 Å². The second kappa shape index (κ2) is 10.5. The molecule has 0 unspecified atom stereocenters. The van der Waals surface area contributed by atoms with E-state index in [0.717, 1.165) is 24.9 Å². The van der Waals surface area contributed by atoms with E-state index in [-0.39, 0.29) is 17.7 Å². The molecule has 0 amide bonds. The Morgan fingerprint density at radius 3 is 2.62 bits per heavy atom. The summed E-state index contributed by atoms with van der Waals surface area (Å²) in [6.07, 6.45) is 6.09. The second-order valence-electron chi connectivity index (χ2n) is 7.98. The second-order valence-corrected chi connectivity index (χ2v) is 8.74. The number of rotatable bonds is 8. The number of piperidine rings is 1. The molecule has 0 bridgehead atoms. The highest BCUT2D eigenvalue weighted by molar-refractivity contribution is 6.41. The minimum atomic E-state index is 0.0317. The van der Waals surface area contributed by atoms with Gasteiger partial charge in [-0.25, -0.2) is 9.97 Å². The van der Waals surface area contributed by atoms with Crippen LogP contribution in [-0.2, 0) is 4.79 Å². The van der Waals surface area contributed by atoms with Gasteiger partial charge in [0.1, 0.15) is 11.5 Å². The topological polar surface area (TPSA) is 98.3 Å². The molecular formula is C24H25Cl2N5O3. The van der Waals surface area contributed by atoms with Crippen molar-refractivity contribution in [2.75, 3.05) is 32.6 Å². The number of anilines is 1. The molecule has 2 N–H and O–H groups in total.